The number of nitrogens with zero attached hydrogens (tertiary/aromatic N) is 2. The van der Waals surface area contributed by atoms with Crippen LogP contribution < -0.4 is 0 Å². The Morgan fingerprint density at radius 1 is 1.26 bits per heavy atom. The van der Waals surface area contributed by atoms with Gasteiger partial charge >= 0.3 is 5.97 Å². The fourth-order valence-electron chi connectivity index (χ4n) is 4.71. The average molecular weight is 322 g/mol. The molecule has 23 heavy (non-hydrogen) atoms. The summed E-state index contributed by atoms with van der Waals surface area (Å²) in [7, 11) is 0. The van der Waals surface area contributed by atoms with Gasteiger partial charge in [0, 0.05) is 19.5 Å². The van der Waals surface area contributed by atoms with E-state index in [-0.39, 0.29) is 11.3 Å². The molecule has 3 rings (SSSR count). The van der Waals surface area contributed by atoms with Crippen molar-refractivity contribution in [2.45, 2.75) is 64.3 Å². The van der Waals surface area contributed by atoms with E-state index >= 15 is 0 Å². The monoisotopic (exact) mass is 322 g/mol. The number of aliphatic carboxylic acids is 1. The summed E-state index contributed by atoms with van der Waals surface area (Å²) < 4.78 is 0. The zero-order valence-corrected chi connectivity index (χ0v) is 14.3. The van der Waals surface area contributed by atoms with Crippen LogP contribution in [-0.2, 0) is 9.59 Å². The molecule has 2 aliphatic heterocycles. The van der Waals surface area contributed by atoms with Crippen LogP contribution in [0.2, 0.25) is 0 Å². The lowest BCUT2D eigenvalue weighted by molar-refractivity contribution is -0.155. The molecule has 1 saturated carbocycles. The fourth-order valence-corrected chi connectivity index (χ4v) is 4.71. The summed E-state index contributed by atoms with van der Waals surface area (Å²) in [6, 6.07) is -0.698. The Bertz CT molecular complexity index is 451. The molecule has 0 aromatic rings. The van der Waals surface area contributed by atoms with E-state index in [1.807, 2.05) is 0 Å². The van der Waals surface area contributed by atoms with Crippen LogP contribution in [0.25, 0.3) is 0 Å². The molecule has 1 N–H and O–H groups in total. The van der Waals surface area contributed by atoms with Crippen molar-refractivity contribution in [3.05, 3.63) is 0 Å². The van der Waals surface area contributed by atoms with E-state index in [0.717, 1.165) is 38.3 Å². The Labute approximate surface area is 139 Å². The highest BCUT2D eigenvalue weighted by atomic mass is 16.4. The van der Waals surface area contributed by atoms with Gasteiger partial charge in [-0.1, -0.05) is 12.8 Å². The smallest absolute Gasteiger partial charge is 0.326 e. The molecule has 0 unspecified atom stereocenters. The van der Waals surface area contributed by atoms with E-state index in [9.17, 15) is 14.7 Å². The van der Waals surface area contributed by atoms with Gasteiger partial charge in [-0.15, -0.1) is 0 Å². The van der Waals surface area contributed by atoms with Crippen LogP contribution in [0, 0.1) is 11.3 Å². The van der Waals surface area contributed by atoms with Crippen molar-refractivity contribution in [3.63, 3.8) is 0 Å². The number of piperidine rings is 2. The maximum Gasteiger partial charge on any atom is 0.326 e. The number of carbonyl (C=O) groups excluding carboxylic acids is 1. The average Bonchev–Trinajstić information content (AvgIpc) is 3.04. The summed E-state index contributed by atoms with van der Waals surface area (Å²) in [5.74, 6) is 0.00787. The summed E-state index contributed by atoms with van der Waals surface area (Å²) in [4.78, 5) is 27.6. The number of rotatable bonds is 4. The summed E-state index contributed by atoms with van der Waals surface area (Å²) in [6.07, 6.45) is 9.23. The molecule has 2 heterocycles. The second-order valence-corrected chi connectivity index (χ2v) is 7.99. The van der Waals surface area contributed by atoms with Gasteiger partial charge in [-0.3, -0.25) is 4.79 Å². The van der Waals surface area contributed by atoms with E-state index in [0.29, 0.717) is 13.0 Å². The van der Waals surface area contributed by atoms with Crippen LogP contribution in [0.3, 0.4) is 0 Å². The minimum absolute atomic E-state index is 0.0129. The largest absolute Gasteiger partial charge is 0.480 e. The van der Waals surface area contributed by atoms with E-state index in [2.05, 4.69) is 4.90 Å². The van der Waals surface area contributed by atoms with Crippen LogP contribution in [0.15, 0.2) is 0 Å². The number of carboxylic acid groups (broad SMARTS) is 1. The zero-order chi connectivity index (χ0) is 16.4. The molecule has 0 aromatic carbocycles. The van der Waals surface area contributed by atoms with Gasteiger partial charge in [0.2, 0.25) is 5.91 Å². The number of amides is 1. The van der Waals surface area contributed by atoms with Crippen LogP contribution in [-0.4, -0.2) is 59.0 Å². The molecule has 2 saturated heterocycles. The topological polar surface area (TPSA) is 60.9 Å². The Hall–Kier alpha value is -1.10. The molecule has 3 fully saturated rings. The maximum atomic E-state index is 12.1. The van der Waals surface area contributed by atoms with Crippen molar-refractivity contribution in [2.24, 2.45) is 11.3 Å². The van der Waals surface area contributed by atoms with Crippen LogP contribution in [0.5, 0.6) is 0 Å². The van der Waals surface area contributed by atoms with E-state index < -0.39 is 12.0 Å². The number of carbonyl (C=O) groups is 2. The van der Waals surface area contributed by atoms with Crippen molar-refractivity contribution in [1.29, 1.82) is 0 Å². The molecule has 1 amide bonds. The van der Waals surface area contributed by atoms with E-state index in [1.54, 1.807) is 11.8 Å². The Kier molecular flexibility index (Phi) is 4.95. The van der Waals surface area contributed by atoms with Gasteiger partial charge in [0.1, 0.15) is 6.04 Å². The van der Waals surface area contributed by atoms with Crippen LogP contribution in [0.1, 0.15) is 58.3 Å². The lowest BCUT2D eigenvalue weighted by Gasteiger charge is -2.48. The first-order valence-corrected chi connectivity index (χ1v) is 9.24. The molecule has 5 heteroatoms. The highest BCUT2D eigenvalue weighted by Gasteiger charge is 2.43. The first-order chi connectivity index (χ1) is 11.0. The molecule has 130 valence electrons. The van der Waals surface area contributed by atoms with E-state index in [1.165, 1.54) is 32.2 Å². The van der Waals surface area contributed by atoms with Gasteiger partial charge in [-0.05, 0) is 63.5 Å². The first-order valence-electron chi connectivity index (χ1n) is 9.24. The Morgan fingerprint density at radius 3 is 2.52 bits per heavy atom. The first kappa shape index (κ1) is 16.7. The minimum Gasteiger partial charge on any atom is -0.480 e. The Morgan fingerprint density at radius 2 is 1.91 bits per heavy atom. The molecule has 0 aromatic heterocycles. The van der Waals surface area contributed by atoms with Crippen molar-refractivity contribution in [2.75, 3.05) is 26.2 Å². The zero-order valence-electron chi connectivity index (χ0n) is 14.3. The fraction of sp³-hybridized carbons (Fsp3) is 0.889. The lowest BCUT2D eigenvalue weighted by Crippen LogP contribution is -2.55. The molecule has 1 atom stereocenters. The second-order valence-electron chi connectivity index (χ2n) is 7.99. The van der Waals surface area contributed by atoms with Crippen LogP contribution >= 0.6 is 0 Å². The second kappa shape index (κ2) is 6.80. The third-order valence-corrected chi connectivity index (χ3v) is 6.43. The summed E-state index contributed by atoms with van der Waals surface area (Å²) in [5, 5.41) is 9.24. The number of carboxylic acids is 1. The van der Waals surface area contributed by atoms with Gasteiger partial charge in [0.25, 0.3) is 0 Å². The number of hydrogen-bond donors (Lipinski definition) is 1. The Balaban J connectivity index is 1.56. The van der Waals surface area contributed by atoms with Crippen molar-refractivity contribution in [1.82, 2.24) is 9.80 Å². The van der Waals surface area contributed by atoms with Gasteiger partial charge < -0.3 is 14.9 Å². The number of hydrogen-bond acceptors (Lipinski definition) is 3. The minimum atomic E-state index is -0.894. The van der Waals surface area contributed by atoms with Crippen molar-refractivity contribution >= 4 is 11.9 Å². The summed E-state index contributed by atoms with van der Waals surface area (Å²) >= 11 is 0. The molecular formula is C18H30N2O3. The highest BCUT2D eigenvalue weighted by Crippen LogP contribution is 2.41. The predicted octanol–water partition coefficient (Wildman–Crippen LogP) is 2.35. The van der Waals surface area contributed by atoms with Crippen molar-refractivity contribution in [3.8, 4) is 0 Å². The van der Waals surface area contributed by atoms with E-state index in [4.69, 9.17) is 0 Å². The molecule has 1 spiro atoms. The molecule has 3 aliphatic rings. The summed E-state index contributed by atoms with van der Waals surface area (Å²) in [5.41, 5.74) is 0.157. The van der Waals surface area contributed by atoms with Crippen molar-refractivity contribution < 1.29 is 14.7 Å². The predicted molar refractivity (Wildman–Crippen MR) is 88.1 cm³/mol. The molecule has 1 aliphatic carbocycles. The molecular weight excluding hydrogens is 292 g/mol. The SMILES string of the molecule is C[C@@H](C(=O)O)N1CC2(CCC1=O)CCN(CC1CCCC1)CC2. The highest BCUT2D eigenvalue weighted by molar-refractivity contribution is 5.84. The van der Waals surface area contributed by atoms with Gasteiger partial charge in [-0.2, -0.15) is 0 Å². The summed E-state index contributed by atoms with van der Waals surface area (Å²) in [6.45, 7) is 5.73. The molecule has 0 radical (unpaired) electrons. The lowest BCUT2D eigenvalue weighted by atomic mass is 9.72. The molecule has 0 bridgehead atoms. The standard InChI is InChI=1S/C18H30N2O3/c1-14(17(22)23)20-13-18(7-6-16(20)21)8-10-19(11-9-18)12-15-4-2-3-5-15/h14-15H,2-13H2,1H3,(H,22,23)/t14-/m0/s1. The van der Waals surface area contributed by atoms with Gasteiger partial charge in [0.05, 0.1) is 0 Å². The normalized spacial score (nSPS) is 27.5. The van der Waals surface area contributed by atoms with Gasteiger partial charge in [-0.25, -0.2) is 4.79 Å². The quantitative estimate of drug-likeness (QED) is 0.863. The third kappa shape index (κ3) is 3.70. The molecule has 5 nitrogen and oxygen atoms in total. The van der Waals surface area contributed by atoms with Gasteiger partial charge in [0.15, 0.2) is 0 Å². The third-order valence-electron chi connectivity index (χ3n) is 6.43. The number of likely N-dealkylation sites (tertiary alicyclic amines) is 2. The van der Waals surface area contributed by atoms with Crippen LogP contribution in [0.4, 0.5) is 0 Å². The maximum absolute atomic E-state index is 12.1.